The number of carbonyl (C=O) groups excluding carboxylic acids is 2. The van der Waals surface area contributed by atoms with Crippen LogP contribution in [0.1, 0.15) is 39.4 Å². The molecule has 3 rings (SSSR count). The van der Waals surface area contributed by atoms with Crippen LogP contribution in [0.25, 0.3) is 0 Å². The van der Waals surface area contributed by atoms with Crippen molar-refractivity contribution < 1.29 is 23.5 Å². The molecule has 0 aliphatic carbocycles. The molecule has 0 spiro atoms. The van der Waals surface area contributed by atoms with Crippen LogP contribution in [0.3, 0.4) is 0 Å². The van der Waals surface area contributed by atoms with Crippen molar-refractivity contribution >= 4 is 40.1 Å². The summed E-state index contributed by atoms with van der Waals surface area (Å²) in [6.45, 7) is 5.47. The van der Waals surface area contributed by atoms with Gasteiger partial charge in [0.15, 0.2) is 10.4 Å². The number of hydrogen-bond donors (Lipinski definition) is 1. The summed E-state index contributed by atoms with van der Waals surface area (Å²) in [7, 11) is 0. The Morgan fingerprint density at radius 3 is 2.59 bits per heavy atom. The van der Waals surface area contributed by atoms with Crippen molar-refractivity contribution in [1.29, 1.82) is 0 Å². The third-order valence-corrected chi connectivity index (χ3v) is 6.78. The van der Waals surface area contributed by atoms with Crippen molar-refractivity contribution in [2.75, 3.05) is 5.32 Å². The molecule has 180 valence electrons. The molecule has 0 radical (unpaired) electrons. The molecule has 11 heteroatoms. The number of carbonyl (C=O) groups is 2. The molecule has 0 saturated carbocycles. The number of rotatable bonds is 11. The Labute approximate surface area is 204 Å². The summed E-state index contributed by atoms with van der Waals surface area (Å²) in [6.07, 6.45) is 1.71. The van der Waals surface area contributed by atoms with Gasteiger partial charge in [-0.15, -0.1) is 10.2 Å². The number of esters is 1. The van der Waals surface area contributed by atoms with Gasteiger partial charge in [-0.3, -0.25) is 9.59 Å². The number of ether oxygens (including phenoxy) is 2. The molecular formula is C23H25N3O6S2. The number of nitrogens with zero attached hydrogens (tertiary/aromatic N) is 2. The summed E-state index contributed by atoms with van der Waals surface area (Å²) in [5.74, 6) is 0.140. The van der Waals surface area contributed by atoms with Crippen molar-refractivity contribution in [1.82, 2.24) is 10.2 Å². The Hall–Kier alpha value is -3.18. The van der Waals surface area contributed by atoms with E-state index in [9.17, 15) is 14.4 Å². The molecule has 0 bridgehead atoms. The maximum atomic E-state index is 12.4. The van der Waals surface area contributed by atoms with E-state index < -0.39 is 17.5 Å². The first-order chi connectivity index (χ1) is 16.4. The largest absolute Gasteiger partial charge is 0.479 e. The second-order valence-corrected chi connectivity index (χ2v) is 9.43. The van der Waals surface area contributed by atoms with Gasteiger partial charge in [0.1, 0.15) is 17.8 Å². The lowest BCUT2D eigenvalue weighted by atomic mass is 10.0. The lowest BCUT2D eigenvalue weighted by molar-refractivity contribution is -0.141. The van der Waals surface area contributed by atoms with E-state index in [-0.39, 0.29) is 17.6 Å². The second kappa shape index (κ2) is 12.3. The molecule has 9 nitrogen and oxygen atoms in total. The van der Waals surface area contributed by atoms with Crippen LogP contribution in [0.2, 0.25) is 0 Å². The van der Waals surface area contributed by atoms with Crippen LogP contribution in [-0.4, -0.2) is 28.2 Å². The van der Waals surface area contributed by atoms with Crippen molar-refractivity contribution in [3.05, 3.63) is 58.6 Å². The summed E-state index contributed by atoms with van der Waals surface area (Å²) in [4.78, 5) is 36.8. The number of anilines is 1. The fourth-order valence-corrected chi connectivity index (χ4v) is 4.50. The van der Waals surface area contributed by atoms with Crippen LogP contribution in [0.4, 0.5) is 5.13 Å². The minimum Gasteiger partial charge on any atom is -0.479 e. The van der Waals surface area contributed by atoms with Gasteiger partial charge in [0, 0.05) is 12.0 Å². The van der Waals surface area contributed by atoms with Gasteiger partial charge < -0.3 is 19.2 Å². The Morgan fingerprint density at radius 1 is 1.18 bits per heavy atom. The molecule has 1 N–H and O–H groups in total. The molecule has 1 amide bonds. The highest BCUT2D eigenvalue weighted by molar-refractivity contribution is 8.00. The van der Waals surface area contributed by atoms with Gasteiger partial charge in [0.2, 0.25) is 22.2 Å². The maximum absolute atomic E-state index is 12.4. The number of aromatic nitrogens is 2. The van der Waals surface area contributed by atoms with E-state index in [0.717, 1.165) is 19.1 Å². The molecular weight excluding hydrogens is 478 g/mol. The van der Waals surface area contributed by atoms with Gasteiger partial charge >= 0.3 is 5.97 Å². The van der Waals surface area contributed by atoms with E-state index in [2.05, 4.69) is 15.5 Å². The molecule has 0 fully saturated rings. The highest BCUT2D eigenvalue weighted by Gasteiger charge is 2.20. The standard InChI is InChI=1S/C23H25N3O6S2/c1-4-15(5-2)20(28)24-22-25-26-23(34-22)33-13-17-11-18(27)19(12-30-17)32-21(29)14(3)31-16-9-7-6-8-10-16/h6-12,14-15H,4-5,13H2,1-3H3,(H,24,25,28)/t14-/m0/s1. The fraction of sp³-hybridized carbons (Fsp3) is 0.348. The molecule has 34 heavy (non-hydrogen) atoms. The van der Waals surface area contributed by atoms with Gasteiger partial charge in [0.05, 0.1) is 5.75 Å². The number of hydrogen-bond acceptors (Lipinski definition) is 10. The maximum Gasteiger partial charge on any atom is 0.352 e. The molecule has 2 aromatic heterocycles. The van der Waals surface area contributed by atoms with E-state index >= 15 is 0 Å². The minimum atomic E-state index is -0.908. The van der Waals surface area contributed by atoms with E-state index in [4.69, 9.17) is 13.9 Å². The molecule has 0 aliphatic heterocycles. The first-order valence-electron chi connectivity index (χ1n) is 10.7. The zero-order valence-electron chi connectivity index (χ0n) is 19.0. The summed E-state index contributed by atoms with van der Waals surface area (Å²) in [6, 6.07) is 10.1. The Morgan fingerprint density at radius 2 is 1.91 bits per heavy atom. The zero-order chi connectivity index (χ0) is 24.5. The third kappa shape index (κ3) is 7.16. The van der Waals surface area contributed by atoms with Crippen LogP contribution < -0.4 is 20.2 Å². The van der Waals surface area contributed by atoms with Crippen LogP contribution >= 0.6 is 23.1 Å². The number of para-hydroxylation sites is 1. The molecule has 3 aromatic rings. The molecule has 2 heterocycles. The molecule has 0 aliphatic rings. The molecule has 1 aromatic carbocycles. The Kier molecular flexibility index (Phi) is 9.23. The fourth-order valence-electron chi connectivity index (χ4n) is 2.85. The third-order valence-electron chi connectivity index (χ3n) is 4.78. The summed E-state index contributed by atoms with van der Waals surface area (Å²) in [5.41, 5.74) is -0.488. The van der Waals surface area contributed by atoms with Gasteiger partial charge in [-0.05, 0) is 31.9 Å². The van der Waals surface area contributed by atoms with Crippen LogP contribution in [0.15, 0.2) is 56.2 Å². The minimum absolute atomic E-state index is 0.0604. The zero-order valence-corrected chi connectivity index (χ0v) is 20.6. The quantitative estimate of drug-likeness (QED) is 0.228. The van der Waals surface area contributed by atoms with E-state index in [0.29, 0.717) is 26.7 Å². The smallest absolute Gasteiger partial charge is 0.352 e. The number of benzene rings is 1. The SMILES string of the molecule is CCC(CC)C(=O)Nc1nnc(SCc2cc(=O)c(OC(=O)[C@H](C)Oc3ccccc3)co2)s1. The molecule has 1 atom stereocenters. The highest BCUT2D eigenvalue weighted by Crippen LogP contribution is 2.29. The lowest BCUT2D eigenvalue weighted by Gasteiger charge is -2.13. The highest BCUT2D eigenvalue weighted by atomic mass is 32.2. The first kappa shape index (κ1) is 25.4. The Bertz CT molecular complexity index is 1160. The van der Waals surface area contributed by atoms with Crippen LogP contribution in [0, 0.1) is 5.92 Å². The van der Waals surface area contributed by atoms with Crippen LogP contribution in [-0.2, 0) is 15.3 Å². The number of nitrogens with one attached hydrogen (secondary N) is 1. The van der Waals surface area contributed by atoms with Gasteiger partial charge in [-0.2, -0.15) is 0 Å². The average Bonchev–Trinajstić information content (AvgIpc) is 3.27. The number of thioether (sulfide) groups is 1. The summed E-state index contributed by atoms with van der Waals surface area (Å²) in [5, 5.41) is 11.2. The predicted molar refractivity (Wildman–Crippen MR) is 129 cm³/mol. The van der Waals surface area contributed by atoms with Crippen molar-refractivity contribution in [2.24, 2.45) is 5.92 Å². The first-order valence-corrected chi connectivity index (χ1v) is 12.5. The van der Waals surface area contributed by atoms with Crippen molar-refractivity contribution in [3.63, 3.8) is 0 Å². The average molecular weight is 504 g/mol. The van der Waals surface area contributed by atoms with Crippen LogP contribution in [0.5, 0.6) is 11.5 Å². The Balaban J connectivity index is 1.52. The monoisotopic (exact) mass is 503 g/mol. The van der Waals surface area contributed by atoms with E-state index in [1.54, 1.807) is 24.3 Å². The van der Waals surface area contributed by atoms with Crippen molar-refractivity contribution in [3.8, 4) is 11.5 Å². The van der Waals surface area contributed by atoms with E-state index in [1.165, 1.54) is 36.1 Å². The second-order valence-electron chi connectivity index (χ2n) is 7.23. The summed E-state index contributed by atoms with van der Waals surface area (Å²) < 4.78 is 16.7. The van der Waals surface area contributed by atoms with Crippen molar-refractivity contribution in [2.45, 2.75) is 49.8 Å². The summed E-state index contributed by atoms with van der Waals surface area (Å²) >= 11 is 2.55. The topological polar surface area (TPSA) is 121 Å². The van der Waals surface area contributed by atoms with Gasteiger partial charge in [0.25, 0.3) is 0 Å². The lowest BCUT2D eigenvalue weighted by Crippen LogP contribution is -2.29. The van der Waals surface area contributed by atoms with Gasteiger partial charge in [-0.25, -0.2) is 4.79 Å². The number of amides is 1. The normalized spacial score (nSPS) is 11.8. The predicted octanol–water partition coefficient (Wildman–Crippen LogP) is 4.53. The molecule has 0 saturated heterocycles. The van der Waals surface area contributed by atoms with Gasteiger partial charge in [-0.1, -0.05) is 55.1 Å². The van der Waals surface area contributed by atoms with E-state index in [1.807, 2.05) is 19.9 Å². The molecule has 0 unspecified atom stereocenters.